The zero-order valence-electron chi connectivity index (χ0n) is 22.4. The van der Waals surface area contributed by atoms with E-state index in [0.717, 1.165) is 0 Å². The molecule has 0 aliphatic carbocycles. The van der Waals surface area contributed by atoms with Gasteiger partial charge in [0.1, 0.15) is 17.3 Å². The molecule has 10 heteroatoms. The zero-order chi connectivity index (χ0) is 28.3. The summed E-state index contributed by atoms with van der Waals surface area (Å²) in [6.07, 6.45) is 4.74. The monoisotopic (exact) mass is 552 g/mol. The molecule has 0 radical (unpaired) electrons. The maximum atomic E-state index is 14.9. The van der Waals surface area contributed by atoms with E-state index in [1.807, 2.05) is 18.7 Å². The summed E-state index contributed by atoms with van der Waals surface area (Å²) in [5, 5.41) is 22.5. The second-order valence-electron chi connectivity index (χ2n) is 10.8. The zero-order valence-corrected chi connectivity index (χ0v) is 23.1. The molecule has 0 bridgehead atoms. The largest absolute Gasteiger partial charge is 0.507 e. The Balaban J connectivity index is 1.58. The summed E-state index contributed by atoms with van der Waals surface area (Å²) in [5.74, 6) is -0.342. The molecular weight excluding hydrogens is 523 g/mol. The predicted molar refractivity (Wildman–Crippen MR) is 149 cm³/mol. The van der Waals surface area contributed by atoms with E-state index in [9.17, 15) is 19.4 Å². The summed E-state index contributed by atoms with van der Waals surface area (Å²) < 4.78 is 23.3. The number of hydrogen-bond donors (Lipinski definition) is 2. The number of halogens is 2. The number of aliphatic hydroxyl groups is 1. The molecule has 8 nitrogen and oxygen atoms in total. The number of methoxy groups -OCH3 is 1. The van der Waals surface area contributed by atoms with Crippen molar-refractivity contribution in [2.45, 2.75) is 26.4 Å². The van der Waals surface area contributed by atoms with Gasteiger partial charge < -0.3 is 24.4 Å². The van der Waals surface area contributed by atoms with Crippen LogP contribution in [0.5, 0.6) is 11.6 Å². The molecule has 0 amide bonds. The van der Waals surface area contributed by atoms with E-state index in [2.05, 4.69) is 4.98 Å². The first kappa shape index (κ1) is 26.8. The van der Waals surface area contributed by atoms with Crippen LogP contribution in [0.2, 0.25) is 5.02 Å². The molecule has 2 aromatic heterocycles. The van der Waals surface area contributed by atoms with Crippen LogP contribution in [-0.2, 0) is 7.05 Å². The van der Waals surface area contributed by atoms with Crippen molar-refractivity contribution < 1.29 is 19.3 Å². The van der Waals surface area contributed by atoms with E-state index in [1.54, 1.807) is 50.6 Å². The highest BCUT2D eigenvalue weighted by Gasteiger charge is 2.48. The minimum atomic E-state index is -0.946. The molecule has 39 heavy (non-hydrogen) atoms. The van der Waals surface area contributed by atoms with Gasteiger partial charge in [-0.1, -0.05) is 31.5 Å². The molecule has 3 heterocycles. The van der Waals surface area contributed by atoms with E-state index in [-0.39, 0.29) is 27.6 Å². The van der Waals surface area contributed by atoms with Gasteiger partial charge in [0, 0.05) is 60.8 Å². The molecule has 0 spiro atoms. The third kappa shape index (κ3) is 4.55. The minimum absolute atomic E-state index is 0.149. The van der Waals surface area contributed by atoms with Crippen molar-refractivity contribution in [2.24, 2.45) is 12.5 Å². The molecule has 1 saturated heterocycles. The number of aryl methyl sites for hydroxylation is 1. The standard InChI is InChI=1S/C29H30ClFN4O4/c1-28(2)15-34(16-29(28,3)38)24-11-18(14-32-26(24)39-5)21-13-19(31)12-20(25(21)36)17-6-7-23(22(30)10-17)35-9-8-33(4)27(35)37/h6-14,36,38H,15-16H2,1-5H3/t29-/m0/s1. The van der Waals surface area contributed by atoms with Crippen LogP contribution in [0.3, 0.4) is 0 Å². The van der Waals surface area contributed by atoms with E-state index in [0.29, 0.717) is 41.5 Å². The van der Waals surface area contributed by atoms with Crippen molar-refractivity contribution in [1.29, 1.82) is 0 Å². The number of hydrogen-bond acceptors (Lipinski definition) is 6. The number of imidazole rings is 1. The third-order valence-corrected chi connectivity index (χ3v) is 8.06. The third-order valence-electron chi connectivity index (χ3n) is 7.76. The van der Waals surface area contributed by atoms with Gasteiger partial charge in [-0.05, 0) is 42.8 Å². The molecule has 4 aromatic rings. The Morgan fingerprint density at radius 1 is 1.03 bits per heavy atom. The minimum Gasteiger partial charge on any atom is -0.507 e. The number of anilines is 1. The second-order valence-corrected chi connectivity index (χ2v) is 11.3. The number of nitrogens with zero attached hydrogens (tertiary/aromatic N) is 4. The molecule has 0 unspecified atom stereocenters. The number of aromatic nitrogens is 3. The topological polar surface area (TPSA) is 92.8 Å². The van der Waals surface area contributed by atoms with Crippen molar-refractivity contribution in [3.8, 4) is 39.6 Å². The molecule has 2 aromatic carbocycles. The number of rotatable bonds is 5. The van der Waals surface area contributed by atoms with Gasteiger partial charge in [0.2, 0.25) is 5.88 Å². The number of pyridine rings is 1. The lowest BCUT2D eigenvalue weighted by molar-refractivity contribution is -0.00890. The fraction of sp³-hybridized carbons (Fsp3) is 0.310. The van der Waals surface area contributed by atoms with E-state index in [4.69, 9.17) is 16.3 Å². The molecular formula is C29H30ClFN4O4. The summed E-state index contributed by atoms with van der Waals surface area (Å²) in [5.41, 5.74) is 0.940. The molecule has 1 atom stereocenters. The normalized spacial score (nSPS) is 18.5. The molecule has 1 aliphatic heterocycles. The lowest BCUT2D eigenvalue weighted by Crippen LogP contribution is -2.40. The Morgan fingerprint density at radius 2 is 1.72 bits per heavy atom. The molecule has 0 saturated carbocycles. The van der Waals surface area contributed by atoms with Gasteiger partial charge in [0.05, 0.1) is 23.4 Å². The predicted octanol–water partition coefficient (Wildman–Crippen LogP) is 5.01. The van der Waals surface area contributed by atoms with Gasteiger partial charge in [-0.3, -0.25) is 4.57 Å². The Hall–Kier alpha value is -3.82. The number of ether oxygens (including phenoxy) is 1. The Kier molecular flexibility index (Phi) is 6.47. The van der Waals surface area contributed by atoms with E-state index >= 15 is 0 Å². The van der Waals surface area contributed by atoms with Crippen LogP contribution < -0.4 is 15.3 Å². The van der Waals surface area contributed by atoms with E-state index in [1.165, 1.54) is 34.6 Å². The van der Waals surface area contributed by atoms with Crippen LogP contribution in [-0.4, -0.2) is 50.1 Å². The van der Waals surface area contributed by atoms with Gasteiger partial charge in [-0.25, -0.2) is 14.2 Å². The number of benzene rings is 2. The fourth-order valence-corrected chi connectivity index (χ4v) is 5.26. The van der Waals surface area contributed by atoms with Crippen molar-refractivity contribution in [3.63, 3.8) is 0 Å². The van der Waals surface area contributed by atoms with Crippen molar-refractivity contribution in [3.05, 3.63) is 76.3 Å². The summed E-state index contributed by atoms with van der Waals surface area (Å²) in [7, 11) is 3.15. The van der Waals surface area contributed by atoms with Gasteiger partial charge in [-0.15, -0.1) is 0 Å². The van der Waals surface area contributed by atoms with Crippen LogP contribution in [0, 0.1) is 11.2 Å². The Morgan fingerprint density at radius 3 is 2.28 bits per heavy atom. The smallest absolute Gasteiger partial charge is 0.332 e. The summed E-state index contributed by atoms with van der Waals surface area (Å²) in [4.78, 5) is 18.8. The van der Waals surface area contributed by atoms with Crippen LogP contribution in [0.4, 0.5) is 10.1 Å². The first-order chi connectivity index (χ1) is 18.3. The SMILES string of the molecule is COc1ncc(-c2cc(F)cc(-c3ccc(-n4ccn(C)c4=O)c(Cl)c3)c2O)cc1N1CC(C)(C)[C@@](C)(O)C1. The van der Waals surface area contributed by atoms with Crippen LogP contribution in [0.15, 0.2) is 59.8 Å². The molecule has 1 fully saturated rings. The van der Waals surface area contributed by atoms with Crippen LogP contribution in [0.1, 0.15) is 20.8 Å². The van der Waals surface area contributed by atoms with Gasteiger partial charge in [0.25, 0.3) is 0 Å². The highest BCUT2D eigenvalue weighted by molar-refractivity contribution is 6.32. The van der Waals surface area contributed by atoms with E-state index < -0.39 is 16.8 Å². The number of phenols is 1. The maximum Gasteiger partial charge on any atom is 0.332 e. The van der Waals surface area contributed by atoms with Crippen LogP contribution >= 0.6 is 11.6 Å². The fourth-order valence-electron chi connectivity index (χ4n) is 4.99. The average Bonchev–Trinajstić information content (AvgIpc) is 3.32. The second kappa shape index (κ2) is 9.43. The van der Waals surface area contributed by atoms with Crippen molar-refractivity contribution >= 4 is 17.3 Å². The molecule has 204 valence electrons. The van der Waals surface area contributed by atoms with Crippen LogP contribution in [0.25, 0.3) is 27.9 Å². The van der Waals surface area contributed by atoms with Crippen molar-refractivity contribution in [2.75, 3.05) is 25.1 Å². The highest BCUT2D eigenvalue weighted by atomic mass is 35.5. The molecule has 2 N–H and O–H groups in total. The molecule has 5 rings (SSSR count). The first-order valence-electron chi connectivity index (χ1n) is 12.4. The summed E-state index contributed by atoms with van der Waals surface area (Å²) in [6, 6.07) is 9.16. The van der Waals surface area contributed by atoms with Gasteiger partial charge >= 0.3 is 5.69 Å². The average molecular weight is 553 g/mol. The number of aromatic hydroxyl groups is 1. The summed E-state index contributed by atoms with van der Waals surface area (Å²) >= 11 is 6.52. The maximum absolute atomic E-state index is 14.9. The number of β-amino-alcohol motifs (C(OH)–C–C–N with tert-alkyl or cyclic N) is 1. The number of phenolic OH excluding ortho intramolecular Hbond substituents is 1. The Bertz CT molecular complexity index is 1630. The molecule has 1 aliphatic rings. The highest BCUT2D eigenvalue weighted by Crippen LogP contribution is 2.45. The Labute approximate surface area is 230 Å². The quantitative estimate of drug-likeness (QED) is 0.362. The van der Waals surface area contributed by atoms with Gasteiger partial charge in [0.15, 0.2) is 0 Å². The van der Waals surface area contributed by atoms with Crippen molar-refractivity contribution in [1.82, 2.24) is 14.1 Å². The first-order valence-corrected chi connectivity index (χ1v) is 12.8. The summed E-state index contributed by atoms with van der Waals surface area (Å²) in [6.45, 7) is 6.69. The lowest BCUT2D eigenvalue weighted by atomic mass is 9.79. The van der Waals surface area contributed by atoms with Gasteiger partial charge in [-0.2, -0.15) is 0 Å². The lowest BCUT2D eigenvalue weighted by Gasteiger charge is -2.30.